The predicted molar refractivity (Wildman–Crippen MR) is 92.7 cm³/mol. The summed E-state index contributed by atoms with van der Waals surface area (Å²) in [5.41, 5.74) is 2.13. The SMILES string of the molecule is CC(=O)N1N=C(CCc2ccccc2)O[C@@H]1c1ccc(Br)cc1. The Hall–Kier alpha value is -2.14. The first-order valence-corrected chi connectivity index (χ1v) is 8.26. The van der Waals surface area contributed by atoms with Gasteiger partial charge in [0.2, 0.25) is 18.0 Å². The fourth-order valence-corrected chi connectivity index (χ4v) is 2.72. The second-order valence-electron chi connectivity index (χ2n) is 5.36. The summed E-state index contributed by atoms with van der Waals surface area (Å²) in [7, 11) is 0. The molecule has 5 heteroatoms. The molecule has 118 valence electrons. The van der Waals surface area contributed by atoms with Crippen molar-refractivity contribution in [2.75, 3.05) is 0 Å². The van der Waals surface area contributed by atoms with Crippen molar-refractivity contribution in [3.05, 3.63) is 70.2 Å². The molecule has 0 radical (unpaired) electrons. The van der Waals surface area contributed by atoms with Crippen LogP contribution >= 0.6 is 15.9 Å². The summed E-state index contributed by atoms with van der Waals surface area (Å²) < 4.78 is 6.91. The van der Waals surface area contributed by atoms with Gasteiger partial charge in [0.15, 0.2) is 0 Å². The number of carbonyl (C=O) groups is 1. The molecule has 0 saturated carbocycles. The Balaban J connectivity index is 1.72. The lowest BCUT2D eigenvalue weighted by molar-refractivity contribution is -0.135. The van der Waals surface area contributed by atoms with Gasteiger partial charge in [-0.15, -0.1) is 5.10 Å². The van der Waals surface area contributed by atoms with Gasteiger partial charge in [0.1, 0.15) is 0 Å². The van der Waals surface area contributed by atoms with Gasteiger partial charge in [-0.05, 0) is 24.1 Å². The summed E-state index contributed by atoms with van der Waals surface area (Å²) in [6.45, 7) is 1.50. The summed E-state index contributed by atoms with van der Waals surface area (Å²) in [5.74, 6) is 0.463. The molecule has 2 aromatic rings. The van der Waals surface area contributed by atoms with Crippen LogP contribution in [0, 0.1) is 0 Å². The summed E-state index contributed by atoms with van der Waals surface area (Å²) >= 11 is 3.41. The first kappa shape index (κ1) is 15.7. The maximum Gasteiger partial charge on any atom is 0.243 e. The number of amides is 1. The van der Waals surface area contributed by atoms with E-state index in [4.69, 9.17) is 4.74 Å². The summed E-state index contributed by atoms with van der Waals surface area (Å²) in [4.78, 5) is 11.8. The zero-order valence-electron chi connectivity index (χ0n) is 12.8. The lowest BCUT2D eigenvalue weighted by atomic mass is 10.1. The van der Waals surface area contributed by atoms with Crippen molar-refractivity contribution >= 4 is 27.7 Å². The molecular weight excluding hydrogens is 356 g/mol. The van der Waals surface area contributed by atoms with Crippen molar-refractivity contribution in [2.45, 2.75) is 26.0 Å². The highest BCUT2D eigenvalue weighted by molar-refractivity contribution is 9.10. The van der Waals surface area contributed by atoms with E-state index in [1.54, 1.807) is 0 Å². The monoisotopic (exact) mass is 372 g/mol. The smallest absolute Gasteiger partial charge is 0.243 e. The molecule has 1 heterocycles. The maximum absolute atomic E-state index is 11.8. The second-order valence-corrected chi connectivity index (χ2v) is 6.28. The van der Waals surface area contributed by atoms with Crippen molar-refractivity contribution in [2.24, 2.45) is 5.10 Å². The zero-order chi connectivity index (χ0) is 16.2. The van der Waals surface area contributed by atoms with E-state index in [9.17, 15) is 4.79 Å². The Kier molecular flexibility index (Phi) is 4.76. The van der Waals surface area contributed by atoms with Gasteiger partial charge in [0.05, 0.1) is 0 Å². The summed E-state index contributed by atoms with van der Waals surface area (Å²) in [6, 6.07) is 17.9. The molecule has 0 spiro atoms. The molecule has 0 fully saturated rings. The van der Waals surface area contributed by atoms with Crippen molar-refractivity contribution in [3.63, 3.8) is 0 Å². The van der Waals surface area contributed by atoms with Gasteiger partial charge in [-0.1, -0.05) is 58.4 Å². The summed E-state index contributed by atoms with van der Waals surface area (Å²) in [6.07, 6.45) is 1.02. The molecule has 0 aliphatic carbocycles. The molecular formula is C18H17BrN2O2. The lowest BCUT2D eigenvalue weighted by Crippen LogP contribution is -2.25. The van der Waals surface area contributed by atoms with E-state index < -0.39 is 6.23 Å². The number of nitrogens with zero attached hydrogens (tertiary/aromatic N) is 2. The Morgan fingerprint density at radius 2 is 1.83 bits per heavy atom. The molecule has 0 N–H and O–H groups in total. The topological polar surface area (TPSA) is 41.9 Å². The molecule has 23 heavy (non-hydrogen) atoms. The normalized spacial score (nSPS) is 16.9. The second kappa shape index (κ2) is 6.96. The largest absolute Gasteiger partial charge is 0.449 e. The number of carbonyl (C=O) groups excluding carboxylic acids is 1. The molecule has 0 unspecified atom stereocenters. The summed E-state index contributed by atoms with van der Waals surface area (Å²) in [5, 5.41) is 5.76. The van der Waals surface area contributed by atoms with Gasteiger partial charge in [-0.3, -0.25) is 4.79 Å². The zero-order valence-corrected chi connectivity index (χ0v) is 14.4. The minimum Gasteiger partial charge on any atom is -0.449 e. The van der Waals surface area contributed by atoms with E-state index in [0.29, 0.717) is 12.3 Å². The van der Waals surface area contributed by atoms with E-state index in [0.717, 1.165) is 16.5 Å². The van der Waals surface area contributed by atoms with E-state index >= 15 is 0 Å². The van der Waals surface area contributed by atoms with E-state index in [2.05, 4.69) is 33.2 Å². The van der Waals surface area contributed by atoms with Gasteiger partial charge in [-0.25, -0.2) is 0 Å². The first-order valence-electron chi connectivity index (χ1n) is 7.47. The van der Waals surface area contributed by atoms with Crippen LogP contribution in [0.2, 0.25) is 0 Å². The van der Waals surface area contributed by atoms with Crippen LogP contribution < -0.4 is 0 Å². The van der Waals surface area contributed by atoms with Crippen molar-refractivity contribution in [1.82, 2.24) is 5.01 Å². The minimum atomic E-state index is -0.480. The number of ether oxygens (including phenoxy) is 1. The van der Waals surface area contributed by atoms with Crippen LogP contribution in [0.1, 0.15) is 30.7 Å². The Morgan fingerprint density at radius 1 is 1.13 bits per heavy atom. The quantitative estimate of drug-likeness (QED) is 0.803. The number of hydrazone groups is 1. The third kappa shape index (κ3) is 3.79. The fourth-order valence-electron chi connectivity index (χ4n) is 2.45. The lowest BCUT2D eigenvalue weighted by Gasteiger charge is -2.19. The van der Waals surface area contributed by atoms with Crippen LogP contribution in [-0.4, -0.2) is 16.8 Å². The minimum absolute atomic E-state index is 0.132. The fraction of sp³-hybridized carbons (Fsp3) is 0.222. The van der Waals surface area contributed by atoms with Crippen molar-refractivity contribution < 1.29 is 9.53 Å². The Morgan fingerprint density at radius 3 is 2.48 bits per heavy atom. The molecule has 1 atom stereocenters. The number of benzene rings is 2. The molecule has 1 amide bonds. The molecule has 4 nitrogen and oxygen atoms in total. The van der Waals surface area contributed by atoms with Gasteiger partial charge < -0.3 is 4.74 Å². The molecule has 3 rings (SSSR count). The van der Waals surface area contributed by atoms with Crippen LogP contribution in [0.4, 0.5) is 0 Å². The van der Waals surface area contributed by atoms with Crippen LogP contribution in [0.15, 0.2) is 64.2 Å². The maximum atomic E-state index is 11.8. The third-order valence-electron chi connectivity index (χ3n) is 3.64. The highest BCUT2D eigenvalue weighted by Crippen LogP contribution is 2.30. The van der Waals surface area contributed by atoms with Crippen LogP contribution in [-0.2, 0) is 16.0 Å². The first-order chi connectivity index (χ1) is 11.1. The third-order valence-corrected chi connectivity index (χ3v) is 4.17. The average molecular weight is 373 g/mol. The van der Waals surface area contributed by atoms with Crippen molar-refractivity contribution in [1.29, 1.82) is 0 Å². The standard InChI is InChI=1S/C18H17BrN2O2/c1-13(22)21-18(15-8-10-16(19)11-9-15)23-17(20-21)12-7-14-5-3-2-4-6-14/h2-6,8-11,18H,7,12H2,1H3/t18-/m1/s1. The van der Waals surface area contributed by atoms with E-state index in [1.807, 2.05) is 42.5 Å². The van der Waals surface area contributed by atoms with Gasteiger partial charge in [-0.2, -0.15) is 5.01 Å². The number of halogens is 1. The van der Waals surface area contributed by atoms with Crippen LogP contribution in [0.5, 0.6) is 0 Å². The molecule has 0 saturated heterocycles. The van der Waals surface area contributed by atoms with Gasteiger partial charge in [0.25, 0.3) is 0 Å². The average Bonchev–Trinajstić information content (AvgIpc) is 2.99. The number of aryl methyl sites for hydroxylation is 1. The number of rotatable bonds is 4. The highest BCUT2D eigenvalue weighted by atomic mass is 79.9. The Bertz CT molecular complexity index is 714. The van der Waals surface area contributed by atoms with Crippen molar-refractivity contribution in [3.8, 4) is 0 Å². The van der Waals surface area contributed by atoms with Gasteiger partial charge in [0, 0.05) is 23.4 Å². The van der Waals surface area contributed by atoms with E-state index in [1.165, 1.54) is 17.5 Å². The molecule has 1 aliphatic rings. The molecule has 0 bridgehead atoms. The van der Waals surface area contributed by atoms with Gasteiger partial charge >= 0.3 is 0 Å². The predicted octanol–water partition coefficient (Wildman–Crippen LogP) is 4.27. The number of hydrogen-bond acceptors (Lipinski definition) is 3. The molecule has 1 aliphatic heterocycles. The highest BCUT2D eigenvalue weighted by Gasteiger charge is 2.31. The molecule has 2 aromatic carbocycles. The number of hydrogen-bond donors (Lipinski definition) is 0. The Labute approximate surface area is 143 Å². The van der Waals surface area contributed by atoms with Crippen LogP contribution in [0.25, 0.3) is 0 Å². The van der Waals surface area contributed by atoms with E-state index in [-0.39, 0.29) is 5.91 Å². The molecule has 0 aromatic heterocycles. The van der Waals surface area contributed by atoms with Crippen LogP contribution in [0.3, 0.4) is 0 Å².